The fraction of sp³-hybridized carbons (Fsp3) is 0.625. The second kappa shape index (κ2) is 4.73. The molecular formula is C8H15N3O3S. The topological polar surface area (TPSA) is 95.1 Å². The molecule has 15 heavy (non-hydrogen) atoms. The van der Waals surface area contributed by atoms with Gasteiger partial charge in [-0.2, -0.15) is 5.10 Å². The van der Waals surface area contributed by atoms with Crippen LogP contribution in [-0.2, 0) is 16.6 Å². The van der Waals surface area contributed by atoms with E-state index in [2.05, 4.69) is 14.9 Å². The first kappa shape index (κ1) is 12.2. The van der Waals surface area contributed by atoms with Crippen LogP contribution < -0.4 is 4.72 Å². The fourth-order valence-corrected chi connectivity index (χ4v) is 2.46. The molecule has 0 aromatic carbocycles. The van der Waals surface area contributed by atoms with Gasteiger partial charge in [-0.15, -0.1) is 0 Å². The van der Waals surface area contributed by atoms with E-state index in [1.165, 1.54) is 0 Å². The van der Waals surface area contributed by atoms with Gasteiger partial charge >= 0.3 is 0 Å². The molecule has 0 radical (unpaired) electrons. The SMILES string of the molecule is CCCNS(=O)(=O)c1n[nH]c(C)c1CO. The van der Waals surface area contributed by atoms with Crippen molar-refractivity contribution in [3.8, 4) is 0 Å². The van der Waals surface area contributed by atoms with Gasteiger partial charge in [0.05, 0.1) is 6.61 Å². The lowest BCUT2D eigenvalue weighted by molar-refractivity contribution is 0.277. The van der Waals surface area contributed by atoms with Gasteiger partial charge in [0.1, 0.15) is 0 Å². The first-order valence-corrected chi connectivity index (χ1v) is 6.15. The van der Waals surface area contributed by atoms with E-state index in [0.717, 1.165) is 0 Å². The van der Waals surface area contributed by atoms with Gasteiger partial charge in [-0.1, -0.05) is 6.92 Å². The van der Waals surface area contributed by atoms with E-state index in [1.807, 2.05) is 6.92 Å². The van der Waals surface area contributed by atoms with Crippen molar-refractivity contribution in [2.45, 2.75) is 31.9 Å². The van der Waals surface area contributed by atoms with Gasteiger partial charge in [0, 0.05) is 17.8 Å². The number of rotatable bonds is 5. The van der Waals surface area contributed by atoms with E-state index >= 15 is 0 Å². The molecule has 7 heteroatoms. The standard InChI is InChI=1S/C8H15N3O3S/c1-3-4-9-15(13,14)8-7(5-12)6(2)10-11-8/h9,12H,3-5H2,1-2H3,(H,10,11). The van der Waals surface area contributed by atoms with Crippen molar-refractivity contribution in [2.24, 2.45) is 0 Å². The van der Waals surface area contributed by atoms with Crippen molar-refractivity contribution in [3.05, 3.63) is 11.3 Å². The van der Waals surface area contributed by atoms with Gasteiger partial charge in [0.2, 0.25) is 0 Å². The van der Waals surface area contributed by atoms with E-state index in [1.54, 1.807) is 6.92 Å². The van der Waals surface area contributed by atoms with Gasteiger partial charge < -0.3 is 5.11 Å². The van der Waals surface area contributed by atoms with E-state index in [0.29, 0.717) is 24.2 Å². The molecule has 0 amide bonds. The average Bonchev–Trinajstić information content (AvgIpc) is 2.57. The average molecular weight is 233 g/mol. The Labute approximate surface area is 88.8 Å². The maximum absolute atomic E-state index is 11.7. The summed E-state index contributed by atoms with van der Waals surface area (Å²) in [6, 6.07) is 0. The lowest BCUT2D eigenvalue weighted by Gasteiger charge is -2.03. The van der Waals surface area contributed by atoms with E-state index in [9.17, 15) is 8.42 Å². The zero-order valence-electron chi connectivity index (χ0n) is 8.74. The molecule has 6 nitrogen and oxygen atoms in total. The summed E-state index contributed by atoms with van der Waals surface area (Å²) in [7, 11) is -3.60. The number of aryl methyl sites for hydroxylation is 1. The van der Waals surface area contributed by atoms with Gasteiger partial charge in [0.15, 0.2) is 5.03 Å². The number of nitrogens with zero attached hydrogens (tertiary/aromatic N) is 1. The fourth-order valence-electron chi connectivity index (χ4n) is 1.14. The van der Waals surface area contributed by atoms with Crippen LogP contribution in [-0.4, -0.2) is 30.3 Å². The van der Waals surface area contributed by atoms with Crippen LogP contribution in [0.25, 0.3) is 0 Å². The normalized spacial score (nSPS) is 11.9. The summed E-state index contributed by atoms with van der Waals surface area (Å²) >= 11 is 0. The van der Waals surface area contributed by atoms with Gasteiger partial charge in [-0.05, 0) is 13.3 Å². The Morgan fingerprint density at radius 2 is 2.20 bits per heavy atom. The highest BCUT2D eigenvalue weighted by atomic mass is 32.2. The first-order valence-electron chi connectivity index (χ1n) is 4.67. The Morgan fingerprint density at radius 1 is 1.53 bits per heavy atom. The molecule has 1 aromatic rings. The van der Waals surface area contributed by atoms with Gasteiger partial charge in [-0.25, -0.2) is 13.1 Å². The molecule has 86 valence electrons. The van der Waals surface area contributed by atoms with Crippen LogP contribution in [0.3, 0.4) is 0 Å². The number of aromatic amines is 1. The highest BCUT2D eigenvalue weighted by molar-refractivity contribution is 7.89. The zero-order valence-corrected chi connectivity index (χ0v) is 9.56. The lowest BCUT2D eigenvalue weighted by atomic mass is 10.3. The summed E-state index contributed by atoms with van der Waals surface area (Å²) in [4.78, 5) is 0. The number of aromatic nitrogens is 2. The quantitative estimate of drug-likeness (QED) is 0.661. The molecule has 0 saturated heterocycles. The third-order valence-electron chi connectivity index (χ3n) is 1.99. The Balaban J connectivity index is 3.04. The Bertz CT molecular complexity index is 424. The first-order chi connectivity index (χ1) is 7.03. The minimum absolute atomic E-state index is 0.115. The smallest absolute Gasteiger partial charge is 0.260 e. The second-order valence-electron chi connectivity index (χ2n) is 3.19. The number of nitrogens with one attached hydrogen (secondary N) is 2. The number of hydrogen-bond donors (Lipinski definition) is 3. The second-order valence-corrected chi connectivity index (χ2v) is 4.87. The number of H-pyrrole nitrogens is 1. The van der Waals surface area contributed by atoms with Crippen LogP contribution in [0.5, 0.6) is 0 Å². The zero-order chi connectivity index (χ0) is 11.5. The molecular weight excluding hydrogens is 218 g/mol. The van der Waals surface area contributed by atoms with Crippen molar-refractivity contribution in [1.29, 1.82) is 0 Å². The van der Waals surface area contributed by atoms with Crippen LogP contribution in [0.4, 0.5) is 0 Å². The molecule has 3 N–H and O–H groups in total. The van der Waals surface area contributed by atoms with E-state index in [-0.39, 0.29) is 11.6 Å². The number of aliphatic hydroxyl groups is 1. The monoisotopic (exact) mass is 233 g/mol. The van der Waals surface area contributed by atoms with Gasteiger partial charge in [-0.3, -0.25) is 5.10 Å². The molecule has 1 rings (SSSR count). The number of aliphatic hydroxyl groups excluding tert-OH is 1. The third-order valence-corrected chi connectivity index (χ3v) is 3.42. The minimum atomic E-state index is -3.60. The van der Waals surface area contributed by atoms with Crippen LogP contribution >= 0.6 is 0 Å². The van der Waals surface area contributed by atoms with Gasteiger partial charge in [0.25, 0.3) is 10.0 Å². The Kier molecular flexibility index (Phi) is 3.83. The lowest BCUT2D eigenvalue weighted by Crippen LogP contribution is -2.25. The van der Waals surface area contributed by atoms with Crippen molar-refractivity contribution >= 4 is 10.0 Å². The van der Waals surface area contributed by atoms with Crippen LogP contribution in [0.2, 0.25) is 0 Å². The molecule has 0 unspecified atom stereocenters. The summed E-state index contributed by atoms with van der Waals surface area (Å²) in [5.74, 6) is 0. The predicted molar refractivity (Wildman–Crippen MR) is 54.7 cm³/mol. The molecule has 0 spiro atoms. The molecule has 1 aromatic heterocycles. The van der Waals surface area contributed by atoms with Crippen LogP contribution in [0.1, 0.15) is 24.6 Å². The van der Waals surface area contributed by atoms with Crippen LogP contribution in [0, 0.1) is 6.92 Å². The molecule has 0 atom stereocenters. The largest absolute Gasteiger partial charge is 0.392 e. The molecule has 0 bridgehead atoms. The molecule has 0 aliphatic rings. The molecule has 0 aliphatic carbocycles. The maximum atomic E-state index is 11.7. The highest BCUT2D eigenvalue weighted by Gasteiger charge is 2.22. The van der Waals surface area contributed by atoms with Crippen molar-refractivity contribution in [3.63, 3.8) is 0 Å². The molecule has 0 aliphatic heterocycles. The van der Waals surface area contributed by atoms with Crippen LogP contribution in [0.15, 0.2) is 5.03 Å². The summed E-state index contributed by atoms with van der Waals surface area (Å²) in [5.41, 5.74) is 0.882. The Hall–Kier alpha value is -0.920. The van der Waals surface area contributed by atoms with Crippen molar-refractivity contribution in [2.75, 3.05) is 6.54 Å². The third kappa shape index (κ3) is 2.55. The molecule has 0 saturated carbocycles. The number of sulfonamides is 1. The summed E-state index contributed by atoms with van der Waals surface area (Å²) in [6.07, 6.45) is 0.705. The minimum Gasteiger partial charge on any atom is -0.392 e. The predicted octanol–water partition coefficient (Wildman–Crippen LogP) is -0.101. The van der Waals surface area contributed by atoms with Crippen molar-refractivity contribution < 1.29 is 13.5 Å². The summed E-state index contributed by atoms with van der Waals surface area (Å²) in [6.45, 7) is 3.55. The summed E-state index contributed by atoms with van der Waals surface area (Å²) in [5, 5.41) is 15.1. The van der Waals surface area contributed by atoms with Crippen molar-refractivity contribution in [1.82, 2.24) is 14.9 Å². The Morgan fingerprint density at radius 3 is 2.73 bits per heavy atom. The van der Waals surface area contributed by atoms with E-state index in [4.69, 9.17) is 5.11 Å². The highest BCUT2D eigenvalue weighted by Crippen LogP contribution is 2.15. The molecule has 1 heterocycles. The number of hydrogen-bond acceptors (Lipinski definition) is 4. The summed E-state index contributed by atoms with van der Waals surface area (Å²) < 4.78 is 25.8. The maximum Gasteiger partial charge on any atom is 0.260 e. The van der Waals surface area contributed by atoms with E-state index < -0.39 is 10.0 Å². The molecule has 0 fully saturated rings.